The van der Waals surface area contributed by atoms with Gasteiger partial charge in [-0.3, -0.25) is 14.5 Å². The number of aromatic nitrogens is 3. The van der Waals surface area contributed by atoms with Crippen LogP contribution in [-0.2, 0) is 0 Å². The van der Waals surface area contributed by atoms with Gasteiger partial charge in [0.25, 0.3) is 5.91 Å². The molecule has 0 radical (unpaired) electrons. The highest BCUT2D eigenvalue weighted by molar-refractivity contribution is 6.04. The molecule has 27 heavy (non-hydrogen) atoms. The molecular weight excluding hydrogens is 340 g/mol. The van der Waals surface area contributed by atoms with Crippen molar-refractivity contribution in [3.05, 3.63) is 48.4 Å². The van der Waals surface area contributed by atoms with Crippen LogP contribution in [0.1, 0.15) is 49.1 Å². The normalized spacial score (nSPS) is 19.8. The molecule has 1 amide bonds. The second-order valence-corrected chi connectivity index (χ2v) is 7.30. The number of nitrogens with zero attached hydrogens (tertiary/aromatic N) is 3. The van der Waals surface area contributed by atoms with Gasteiger partial charge in [0.05, 0.1) is 24.4 Å². The summed E-state index contributed by atoms with van der Waals surface area (Å²) >= 11 is 0. The van der Waals surface area contributed by atoms with Gasteiger partial charge >= 0.3 is 0 Å². The lowest BCUT2D eigenvalue weighted by Crippen LogP contribution is -2.16. The molecule has 0 saturated heterocycles. The molecule has 4 rings (SSSR count). The van der Waals surface area contributed by atoms with Crippen molar-refractivity contribution in [1.82, 2.24) is 14.8 Å². The molecule has 2 heterocycles. The van der Waals surface area contributed by atoms with Crippen LogP contribution < -0.4 is 10.1 Å². The summed E-state index contributed by atoms with van der Waals surface area (Å²) in [6.45, 7) is 2.32. The maximum Gasteiger partial charge on any atom is 0.274 e. The molecule has 140 valence electrons. The Morgan fingerprint density at radius 2 is 2.04 bits per heavy atom. The second-order valence-electron chi connectivity index (χ2n) is 7.30. The van der Waals surface area contributed by atoms with Gasteiger partial charge in [0, 0.05) is 23.8 Å². The Morgan fingerprint density at radius 3 is 2.74 bits per heavy atom. The highest BCUT2D eigenvalue weighted by Crippen LogP contribution is 2.34. The molecule has 0 bridgehead atoms. The third-order valence-electron chi connectivity index (χ3n) is 5.35. The first-order valence-corrected chi connectivity index (χ1v) is 9.43. The minimum Gasteiger partial charge on any atom is -0.494 e. The first kappa shape index (κ1) is 17.5. The fourth-order valence-electron chi connectivity index (χ4n) is 3.72. The van der Waals surface area contributed by atoms with Gasteiger partial charge in [-0.25, -0.2) is 0 Å². The van der Waals surface area contributed by atoms with Crippen LogP contribution in [0.2, 0.25) is 0 Å². The fourth-order valence-corrected chi connectivity index (χ4v) is 3.72. The quantitative estimate of drug-likeness (QED) is 0.743. The van der Waals surface area contributed by atoms with Gasteiger partial charge in [-0.05, 0) is 49.8 Å². The first-order chi connectivity index (χ1) is 13.1. The molecule has 0 aliphatic heterocycles. The largest absolute Gasteiger partial charge is 0.494 e. The standard InChI is InChI=1S/C21H24N4O2/c1-14-6-8-16(9-7-14)25-13-15-11-19(20(27-2)12-18(15)24-25)23-21(26)17-5-3-4-10-22-17/h3-5,10-14,16H,6-9H2,1-2H3,(H,23,26)/t14-,16-. The Kier molecular flexibility index (Phi) is 4.79. The van der Waals surface area contributed by atoms with Crippen molar-refractivity contribution in [2.45, 2.75) is 38.6 Å². The SMILES string of the molecule is COc1cc2nn([C@H]3CC[C@H](C)CC3)cc2cc1NC(=O)c1ccccn1. The van der Waals surface area contributed by atoms with Crippen molar-refractivity contribution in [3.63, 3.8) is 0 Å². The summed E-state index contributed by atoms with van der Waals surface area (Å²) in [5.74, 6) is 1.14. The Morgan fingerprint density at radius 1 is 1.22 bits per heavy atom. The molecule has 3 aromatic rings. The van der Waals surface area contributed by atoms with E-state index in [1.165, 1.54) is 12.8 Å². The van der Waals surface area contributed by atoms with Crippen molar-refractivity contribution in [1.29, 1.82) is 0 Å². The number of hydrogen-bond donors (Lipinski definition) is 1. The molecule has 1 fully saturated rings. The second kappa shape index (κ2) is 7.39. The lowest BCUT2D eigenvalue weighted by atomic mass is 9.87. The first-order valence-electron chi connectivity index (χ1n) is 9.43. The van der Waals surface area contributed by atoms with E-state index in [-0.39, 0.29) is 5.91 Å². The number of fused-ring (bicyclic) bond motifs is 1. The molecule has 6 nitrogen and oxygen atoms in total. The van der Waals surface area contributed by atoms with Gasteiger partial charge in [-0.15, -0.1) is 0 Å². The van der Waals surface area contributed by atoms with Gasteiger partial charge < -0.3 is 10.1 Å². The molecule has 1 N–H and O–H groups in total. The van der Waals surface area contributed by atoms with E-state index in [9.17, 15) is 4.79 Å². The van der Waals surface area contributed by atoms with E-state index >= 15 is 0 Å². The molecular formula is C21H24N4O2. The highest BCUT2D eigenvalue weighted by atomic mass is 16.5. The Hall–Kier alpha value is -2.89. The van der Waals surface area contributed by atoms with E-state index in [0.29, 0.717) is 23.2 Å². The van der Waals surface area contributed by atoms with Gasteiger partial charge in [-0.2, -0.15) is 5.10 Å². The van der Waals surface area contributed by atoms with Crippen molar-refractivity contribution in [2.75, 3.05) is 12.4 Å². The van der Waals surface area contributed by atoms with Crippen LogP contribution in [-0.4, -0.2) is 27.8 Å². The molecule has 0 atom stereocenters. The lowest BCUT2D eigenvalue weighted by Gasteiger charge is -2.26. The number of anilines is 1. The summed E-state index contributed by atoms with van der Waals surface area (Å²) < 4.78 is 7.56. The zero-order valence-corrected chi connectivity index (χ0v) is 15.7. The fraction of sp³-hybridized carbons (Fsp3) is 0.381. The number of pyridine rings is 1. The number of carbonyl (C=O) groups excluding carboxylic acids is 1. The number of ether oxygens (including phenoxy) is 1. The smallest absolute Gasteiger partial charge is 0.274 e. The summed E-state index contributed by atoms with van der Waals surface area (Å²) in [6, 6.07) is 9.50. The maximum absolute atomic E-state index is 12.5. The Bertz CT molecular complexity index is 943. The third-order valence-corrected chi connectivity index (χ3v) is 5.35. The van der Waals surface area contributed by atoms with E-state index < -0.39 is 0 Å². The van der Waals surface area contributed by atoms with Crippen LogP contribution in [0.15, 0.2) is 42.7 Å². The van der Waals surface area contributed by atoms with Gasteiger partial charge in [0.1, 0.15) is 11.4 Å². The van der Waals surface area contributed by atoms with Crippen LogP contribution in [0.4, 0.5) is 5.69 Å². The number of rotatable bonds is 4. The van der Waals surface area contributed by atoms with E-state index in [2.05, 4.69) is 28.1 Å². The Labute approximate surface area is 158 Å². The molecule has 1 aliphatic carbocycles. The molecule has 1 aromatic carbocycles. The van der Waals surface area contributed by atoms with E-state index in [4.69, 9.17) is 9.84 Å². The molecule has 0 spiro atoms. The highest BCUT2D eigenvalue weighted by Gasteiger charge is 2.21. The van der Waals surface area contributed by atoms with Crippen LogP contribution in [0.5, 0.6) is 5.75 Å². The van der Waals surface area contributed by atoms with Crippen molar-refractivity contribution >= 4 is 22.5 Å². The number of hydrogen-bond acceptors (Lipinski definition) is 4. The van der Waals surface area contributed by atoms with E-state index in [1.807, 2.05) is 12.1 Å². The van der Waals surface area contributed by atoms with Gasteiger partial charge in [0.15, 0.2) is 0 Å². The van der Waals surface area contributed by atoms with Gasteiger partial charge in [-0.1, -0.05) is 13.0 Å². The van der Waals surface area contributed by atoms with Crippen LogP contribution in [0.25, 0.3) is 10.9 Å². The minimum atomic E-state index is -0.262. The third kappa shape index (κ3) is 3.65. The summed E-state index contributed by atoms with van der Waals surface area (Å²) in [6.07, 6.45) is 8.49. The molecule has 0 unspecified atom stereocenters. The summed E-state index contributed by atoms with van der Waals surface area (Å²) in [5, 5.41) is 8.65. The predicted molar refractivity (Wildman–Crippen MR) is 105 cm³/mol. The van der Waals surface area contributed by atoms with Crippen molar-refractivity contribution in [3.8, 4) is 5.75 Å². The average Bonchev–Trinajstić information content (AvgIpc) is 3.11. The van der Waals surface area contributed by atoms with Crippen LogP contribution in [0, 0.1) is 5.92 Å². The topological polar surface area (TPSA) is 69.0 Å². The molecule has 1 saturated carbocycles. The number of benzene rings is 1. The Balaban J connectivity index is 1.62. The molecule has 2 aromatic heterocycles. The monoisotopic (exact) mass is 364 g/mol. The van der Waals surface area contributed by atoms with Crippen LogP contribution in [0.3, 0.4) is 0 Å². The number of methoxy groups -OCH3 is 1. The lowest BCUT2D eigenvalue weighted by molar-refractivity contribution is 0.102. The molecule has 6 heteroatoms. The number of nitrogens with one attached hydrogen (secondary N) is 1. The van der Waals surface area contributed by atoms with Crippen molar-refractivity contribution in [2.24, 2.45) is 5.92 Å². The zero-order chi connectivity index (χ0) is 18.8. The van der Waals surface area contributed by atoms with Gasteiger partial charge in [0.2, 0.25) is 0 Å². The maximum atomic E-state index is 12.5. The zero-order valence-electron chi connectivity index (χ0n) is 15.7. The van der Waals surface area contributed by atoms with E-state index in [0.717, 1.165) is 29.7 Å². The van der Waals surface area contributed by atoms with E-state index in [1.54, 1.807) is 31.5 Å². The average molecular weight is 364 g/mol. The van der Waals surface area contributed by atoms with Crippen molar-refractivity contribution < 1.29 is 9.53 Å². The summed E-state index contributed by atoms with van der Waals surface area (Å²) in [4.78, 5) is 16.5. The predicted octanol–water partition coefficient (Wildman–Crippen LogP) is 4.44. The van der Waals surface area contributed by atoms with Crippen LogP contribution >= 0.6 is 0 Å². The number of amides is 1. The molecule has 1 aliphatic rings. The summed E-state index contributed by atoms with van der Waals surface area (Å²) in [7, 11) is 1.59. The number of carbonyl (C=O) groups is 1. The summed E-state index contributed by atoms with van der Waals surface area (Å²) in [5.41, 5.74) is 1.87. The minimum absolute atomic E-state index is 0.262.